The molecule has 0 unspecified atom stereocenters. The molecule has 0 fully saturated rings. The molecule has 0 aliphatic carbocycles. The summed E-state index contributed by atoms with van der Waals surface area (Å²) in [5.74, 6) is 0. The Kier molecular flexibility index (Phi) is 3.70. The van der Waals surface area contributed by atoms with Crippen LogP contribution in [-0.4, -0.2) is 4.98 Å². The highest BCUT2D eigenvalue weighted by Crippen LogP contribution is 2.28. The molecule has 0 atom stereocenters. The number of rotatable bonds is 4. The summed E-state index contributed by atoms with van der Waals surface area (Å²) < 4.78 is 0. The number of nitrogens with zero attached hydrogens (tertiary/aromatic N) is 1. The van der Waals surface area contributed by atoms with Crippen molar-refractivity contribution in [2.24, 2.45) is 0 Å². The molecule has 19 heavy (non-hydrogen) atoms. The summed E-state index contributed by atoms with van der Waals surface area (Å²) in [6.07, 6.45) is 4.01. The number of thiophene rings is 1. The molecular formula is C17H15NS. The van der Waals surface area contributed by atoms with E-state index in [4.69, 9.17) is 0 Å². The lowest BCUT2D eigenvalue weighted by Crippen LogP contribution is -1.91. The molecule has 1 aromatic carbocycles. The SMILES string of the molecule is c1ccc(CCc2ccsc2-c2ccccn2)cc1. The van der Waals surface area contributed by atoms with Gasteiger partial charge in [-0.25, -0.2) is 0 Å². The van der Waals surface area contributed by atoms with E-state index in [-0.39, 0.29) is 0 Å². The average molecular weight is 265 g/mol. The summed E-state index contributed by atoms with van der Waals surface area (Å²) in [6.45, 7) is 0. The lowest BCUT2D eigenvalue weighted by Gasteiger charge is -2.04. The number of pyridine rings is 1. The minimum atomic E-state index is 1.07. The van der Waals surface area contributed by atoms with Gasteiger partial charge in [0.2, 0.25) is 0 Å². The first-order valence-corrected chi connectivity index (χ1v) is 7.33. The van der Waals surface area contributed by atoms with Gasteiger partial charge in [-0.3, -0.25) is 4.98 Å². The second-order valence-electron chi connectivity index (χ2n) is 4.48. The van der Waals surface area contributed by atoms with Crippen molar-refractivity contribution in [2.45, 2.75) is 12.8 Å². The Morgan fingerprint density at radius 3 is 2.47 bits per heavy atom. The van der Waals surface area contributed by atoms with Crippen molar-refractivity contribution in [2.75, 3.05) is 0 Å². The fourth-order valence-corrected chi connectivity index (χ4v) is 3.11. The van der Waals surface area contributed by atoms with E-state index in [1.165, 1.54) is 16.0 Å². The van der Waals surface area contributed by atoms with E-state index in [2.05, 4.69) is 52.8 Å². The predicted molar refractivity (Wildman–Crippen MR) is 81.4 cm³/mol. The van der Waals surface area contributed by atoms with Crippen molar-refractivity contribution in [3.05, 3.63) is 77.3 Å². The quantitative estimate of drug-likeness (QED) is 0.672. The zero-order valence-electron chi connectivity index (χ0n) is 10.6. The Morgan fingerprint density at radius 2 is 1.68 bits per heavy atom. The smallest absolute Gasteiger partial charge is 0.0804 e. The van der Waals surface area contributed by atoms with Crippen LogP contribution >= 0.6 is 11.3 Å². The van der Waals surface area contributed by atoms with Crippen LogP contribution in [0.25, 0.3) is 10.6 Å². The summed E-state index contributed by atoms with van der Waals surface area (Å²) >= 11 is 1.78. The molecule has 0 aliphatic rings. The van der Waals surface area contributed by atoms with Crippen LogP contribution in [0, 0.1) is 0 Å². The molecule has 0 N–H and O–H groups in total. The van der Waals surface area contributed by atoms with E-state index in [0.717, 1.165) is 18.5 Å². The highest BCUT2D eigenvalue weighted by atomic mass is 32.1. The first-order valence-electron chi connectivity index (χ1n) is 6.45. The van der Waals surface area contributed by atoms with Gasteiger partial charge in [-0.2, -0.15) is 0 Å². The van der Waals surface area contributed by atoms with E-state index in [0.29, 0.717) is 0 Å². The highest BCUT2D eigenvalue weighted by molar-refractivity contribution is 7.13. The third-order valence-electron chi connectivity index (χ3n) is 3.17. The molecule has 2 heterocycles. The molecule has 0 bridgehead atoms. The maximum atomic E-state index is 4.45. The molecule has 94 valence electrons. The molecule has 2 aromatic heterocycles. The van der Waals surface area contributed by atoms with Crippen LogP contribution in [0.2, 0.25) is 0 Å². The van der Waals surface area contributed by atoms with Crippen LogP contribution in [0.15, 0.2) is 66.2 Å². The Balaban J connectivity index is 1.78. The van der Waals surface area contributed by atoms with E-state index < -0.39 is 0 Å². The minimum Gasteiger partial charge on any atom is -0.255 e. The minimum absolute atomic E-state index is 1.07. The van der Waals surface area contributed by atoms with Crippen LogP contribution < -0.4 is 0 Å². The summed E-state index contributed by atoms with van der Waals surface area (Å²) in [6, 6.07) is 18.9. The fourth-order valence-electron chi connectivity index (χ4n) is 2.18. The van der Waals surface area contributed by atoms with E-state index in [9.17, 15) is 0 Å². The van der Waals surface area contributed by atoms with E-state index in [1.54, 1.807) is 11.3 Å². The van der Waals surface area contributed by atoms with Gasteiger partial charge in [-0.15, -0.1) is 11.3 Å². The van der Waals surface area contributed by atoms with Crippen LogP contribution in [0.5, 0.6) is 0 Å². The van der Waals surface area contributed by atoms with Crippen LogP contribution in [0.4, 0.5) is 0 Å². The monoisotopic (exact) mass is 265 g/mol. The molecule has 0 saturated heterocycles. The van der Waals surface area contributed by atoms with Gasteiger partial charge < -0.3 is 0 Å². The van der Waals surface area contributed by atoms with Crippen molar-refractivity contribution < 1.29 is 0 Å². The number of benzene rings is 1. The largest absolute Gasteiger partial charge is 0.255 e. The first kappa shape index (κ1) is 12.1. The van der Waals surface area contributed by atoms with Crippen molar-refractivity contribution in [1.82, 2.24) is 4.98 Å². The number of aromatic nitrogens is 1. The maximum Gasteiger partial charge on any atom is 0.0804 e. The number of hydrogen-bond acceptors (Lipinski definition) is 2. The molecule has 3 rings (SSSR count). The summed E-state index contributed by atoms with van der Waals surface area (Å²) in [7, 11) is 0. The standard InChI is InChI=1S/C17H15NS/c1-2-6-14(7-3-1)9-10-15-11-13-19-17(15)16-8-4-5-12-18-16/h1-8,11-13H,9-10H2. The normalized spacial score (nSPS) is 10.5. The third-order valence-corrected chi connectivity index (χ3v) is 4.15. The molecule has 1 nitrogen and oxygen atoms in total. The lowest BCUT2D eigenvalue weighted by atomic mass is 10.0. The third kappa shape index (κ3) is 2.91. The second-order valence-corrected chi connectivity index (χ2v) is 5.39. The zero-order chi connectivity index (χ0) is 12.9. The van der Waals surface area contributed by atoms with Gasteiger partial charge in [0.1, 0.15) is 0 Å². The second kappa shape index (κ2) is 5.81. The van der Waals surface area contributed by atoms with Crippen molar-refractivity contribution in [3.8, 4) is 10.6 Å². The lowest BCUT2D eigenvalue weighted by molar-refractivity contribution is 0.966. The molecule has 0 spiro atoms. The average Bonchev–Trinajstić information content (AvgIpc) is 2.95. The Labute approximate surface area is 117 Å². The molecule has 0 saturated carbocycles. The Bertz CT molecular complexity index is 629. The van der Waals surface area contributed by atoms with Gasteiger partial charge in [0, 0.05) is 6.20 Å². The van der Waals surface area contributed by atoms with Crippen molar-refractivity contribution in [3.63, 3.8) is 0 Å². The van der Waals surface area contributed by atoms with Gasteiger partial charge in [0.25, 0.3) is 0 Å². The molecular weight excluding hydrogens is 250 g/mol. The van der Waals surface area contributed by atoms with Crippen molar-refractivity contribution in [1.29, 1.82) is 0 Å². The number of hydrogen-bond donors (Lipinski definition) is 0. The molecule has 0 aliphatic heterocycles. The molecule has 0 radical (unpaired) electrons. The summed E-state index contributed by atoms with van der Waals surface area (Å²) in [5.41, 5.74) is 3.87. The summed E-state index contributed by atoms with van der Waals surface area (Å²) in [4.78, 5) is 5.75. The van der Waals surface area contributed by atoms with Gasteiger partial charge in [0.05, 0.1) is 10.6 Å². The van der Waals surface area contributed by atoms with E-state index in [1.807, 2.05) is 18.3 Å². The highest BCUT2D eigenvalue weighted by Gasteiger charge is 2.07. The fraction of sp³-hybridized carbons (Fsp3) is 0.118. The summed E-state index contributed by atoms with van der Waals surface area (Å²) in [5, 5.41) is 2.16. The molecule has 2 heteroatoms. The van der Waals surface area contributed by atoms with Gasteiger partial charge >= 0.3 is 0 Å². The van der Waals surface area contributed by atoms with Crippen LogP contribution in [-0.2, 0) is 12.8 Å². The van der Waals surface area contributed by atoms with E-state index >= 15 is 0 Å². The van der Waals surface area contributed by atoms with Crippen molar-refractivity contribution >= 4 is 11.3 Å². The van der Waals surface area contributed by atoms with Gasteiger partial charge in [-0.05, 0) is 47.5 Å². The first-order chi connectivity index (χ1) is 9.43. The molecule has 0 amide bonds. The van der Waals surface area contributed by atoms with Crippen LogP contribution in [0.1, 0.15) is 11.1 Å². The van der Waals surface area contributed by atoms with Crippen LogP contribution in [0.3, 0.4) is 0 Å². The molecule has 3 aromatic rings. The topological polar surface area (TPSA) is 12.9 Å². The Morgan fingerprint density at radius 1 is 0.842 bits per heavy atom. The maximum absolute atomic E-state index is 4.45. The van der Waals surface area contributed by atoms with Gasteiger partial charge in [0.15, 0.2) is 0 Å². The number of aryl methyl sites for hydroxylation is 2. The predicted octanol–water partition coefficient (Wildman–Crippen LogP) is 4.60. The zero-order valence-corrected chi connectivity index (χ0v) is 11.4. The van der Waals surface area contributed by atoms with Gasteiger partial charge in [-0.1, -0.05) is 36.4 Å². The Hall–Kier alpha value is -1.93.